The smallest absolute Gasteiger partial charge is 0.252 e. The summed E-state index contributed by atoms with van der Waals surface area (Å²) in [6.07, 6.45) is 6.55. The summed E-state index contributed by atoms with van der Waals surface area (Å²) in [5, 5.41) is 22.5. The molecule has 2 rings (SSSR count). The predicted molar refractivity (Wildman–Crippen MR) is 124 cm³/mol. The van der Waals surface area contributed by atoms with E-state index >= 15 is 0 Å². The van der Waals surface area contributed by atoms with Crippen LogP contribution >= 0.6 is 0 Å². The fourth-order valence-electron chi connectivity index (χ4n) is 3.54. The highest BCUT2D eigenvalue weighted by Gasteiger charge is 2.28. The molecule has 0 aliphatic carbocycles. The van der Waals surface area contributed by atoms with E-state index in [2.05, 4.69) is 18.3 Å². The van der Waals surface area contributed by atoms with Crippen LogP contribution in [0.15, 0.2) is 29.4 Å². The molecule has 7 heteroatoms. The Hall–Kier alpha value is -2.51. The van der Waals surface area contributed by atoms with Crippen LogP contribution in [0.2, 0.25) is 0 Å². The minimum Gasteiger partial charge on any atom is -0.493 e. The van der Waals surface area contributed by atoms with Crippen molar-refractivity contribution in [3.8, 4) is 17.2 Å². The van der Waals surface area contributed by atoms with Gasteiger partial charge in [0.2, 0.25) is 5.75 Å². The molecule has 0 spiro atoms. The fraction of sp³-hybridized carbons (Fsp3) is 0.560. The molecule has 1 heterocycles. The molecular weight excluding hydrogens is 410 g/mol. The van der Waals surface area contributed by atoms with Crippen LogP contribution in [0.5, 0.6) is 17.2 Å². The molecule has 178 valence electrons. The molecule has 1 aromatic rings. The summed E-state index contributed by atoms with van der Waals surface area (Å²) >= 11 is 0. The number of hydrogen-bond donors (Lipinski definition) is 3. The summed E-state index contributed by atoms with van der Waals surface area (Å²) in [6, 6.07) is 1.69. The van der Waals surface area contributed by atoms with Crippen molar-refractivity contribution in [2.45, 2.75) is 71.6 Å². The van der Waals surface area contributed by atoms with Crippen LogP contribution in [0.1, 0.15) is 69.3 Å². The van der Waals surface area contributed by atoms with E-state index in [-0.39, 0.29) is 5.91 Å². The van der Waals surface area contributed by atoms with Gasteiger partial charge in [0.25, 0.3) is 5.91 Å². The molecular formula is C25H37NO6. The third-order valence-corrected chi connectivity index (χ3v) is 5.72. The molecule has 32 heavy (non-hydrogen) atoms. The van der Waals surface area contributed by atoms with E-state index < -0.39 is 11.7 Å². The Morgan fingerprint density at radius 1 is 1.16 bits per heavy atom. The van der Waals surface area contributed by atoms with Gasteiger partial charge in [-0.15, -0.1) is 0 Å². The lowest BCUT2D eigenvalue weighted by Gasteiger charge is -2.24. The number of carbonyl (C=O) groups is 1. The average Bonchev–Trinajstić information content (AvgIpc) is 3.10. The molecule has 7 nitrogen and oxygen atoms in total. The minimum atomic E-state index is -1.07. The van der Waals surface area contributed by atoms with Crippen molar-refractivity contribution in [2.24, 2.45) is 0 Å². The van der Waals surface area contributed by atoms with Gasteiger partial charge in [-0.05, 0) is 65.5 Å². The first kappa shape index (κ1) is 25.7. The van der Waals surface area contributed by atoms with Gasteiger partial charge in [-0.1, -0.05) is 17.2 Å². The Kier molecular flexibility index (Phi) is 9.16. The lowest BCUT2D eigenvalue weighted by Crippen LogP contribution is -2.35. The minimum absolute atomic E-state index is 0.142. The van der Waals surface area contributed by atoms with E-state index in [0.29, 0.717) is 42.4 Å². The fourth-order valence-corrected chi connectivity index (χ4v) is 3.54. The number of hydrogen-bond acceptors (Lipinski definition) is 6. The van der Waals surface area contributed by atoms with Gasteiger partial charge >= 0.3 is 0 Å². The van der Waals surface area contributed by atoms with Crippen molar-refractivity contribution >= 4 is 5.91 Å². The number of benzene rings is 1. The van der Waals surface area contributed by atoms with E-state index in [1.165, 1.54) is 18.3 Å². The number of nitrogens with one attached hydrogen (secondary N) is 1. The summed E-state index contributed by atoms with van der Waals surface area (Å²) in [6.45, 7) is 8.12. The molecule has 0 bridgehead atoms. The van der Waals surface area contributed by atoms with E-state index in [1.807, 2.05) is 13.0 Å². The molecule has 0 fully saturated rings. The molecule has 1 atom stereocenters. The van der Waals surface area contributed by atoms with Crippen LogP contribution < -0.4 is 19.5 Å². The first-order chi connectivity index (χ1) is 15.1. The third-order valence-electron chi connectivity index (χ3n) is 5.72. The monoisotopic (exact) mass is 447 g/mol. The van der Waals surface area contributed by atoms with Crippen molar-refractivity contribution in [1.82, 2.24) is 5.32 Å². The van der Waals surface area contributed by atoms with E-state index in [0.717, 1.165) is 24.8 Å². The Morgan fingerprint density at radius 3 is 2.47 bits per heavy atom. The number of rotatable bonds is 12. The van der Waals surface area contributed by atoms with Crippen LogP contribution in [0.3, 0.4) is 0 Å². The predicted octanol–water partition coefficient (Wildman–Crippen LogP) is 3.91. The number of aliphatic hydroxyl groups is 2. The summed E-state index contributed by atoms with van der Waals surface area (Å²) in [4.78, 5) is 12.0. The second kappa shape index (κ2) is 11.4. The maximum atomic E-state index is 12.0. The highest BCUT2D eigenvalue weighted by Crippen LogP contribution is 2.43. The molecule has 1 amide bonds. The van der Waals surface area contributed by atoms with Crippen LogP contribution in [0.25, 0.3) is 0 Å². The van der Waals surface area contributed by atoms with Gasteiger partial charge in [0, 0.05) is 12.1 Å². The molecule has 3 N–H and O–H groups in total. The molecule has 0 aromatic heterocycles. The first-order valence-corrected chi connectivity index (χ1v) is 11.0. The highest BCUT2D eigenvalue weighted by atomic mass is 16.5. The molecule has 1 aliphatic rings. The standard InChI is InChI=1S/C25H37NO6/c1-16(10-11-21(27)25(3,4)29)8-7-9-17(2)12-13-32-23-20(30-5)14-18-19(22(23)31-6)15-26-24(18)28/h8,12,14,21,27,29H,7,9-11,13,15H2,1-6H3,(H,26,28)/b16-8+,17-12+/t21-/m1/s1. The van der Waals surface area contributed by atoms with Crippen LogP contribution in [-0.4, -0.2) is 48.7 Å². The second-order valence-corrected chi connectivity index (χ2v) is 8.81. The lowest BCUT2D eigenvalue weighted by atomic mass is 9.95. The maximum absolute atomic E-state index is 12.0. The molecule has 1 aromatic carbocycles. The zero-order chi connectivity index (χ0) is 23.9. The quantitative estimate of drug-likeness (QED) is 0.420. The van der Waals surface area contributed by atoms with Gasteiger partial charge in [0.05, 0.1) is 31.5 Å². The summed E-state index contributed by atoms with van der Waals surface area (Å²) in [7, 11) is 3.10. The summed E-state index contributed by atoms with van der Waals surface area (Å²) in [5.41, 5.74) is 2.66. The first-order valence-electron chi connectivity index (χ1n) is 11.0. The van der Waals surface area contributed by atoms with Gasteiger partial charge in [-0.3, -0.25) is 4.79 Å². The topological polar surface area (TPSA) is 97.2 Å². The zero-order valence-electron chi connectivity index (χ0n) is 20.1. The maximum Gasteiger partial charge on any atom is 0.252 e. The Balaban J connectivity index is 1.91. The largest absolute Gasteiger partial charge is 0.493 e. The van der Waals surface area contributed by atoms with Crippen LogP contribution in [0.4, 0.5) is 0 Å². The second-order valence-electron chi connectivity index (χ2n) is 8.81. The molecule has 0 radical (unpaired) electrons. The van der Waals surface area contributed by atoms with Crippen molar-refractivity contribution < 1.29 is 29.2 Å². The molecule has 0 saturated carbocycles. The Bertz CT molecular complexity index is 866. The Morgan fingerprint density at radius 2 is 1.84 bits per heavy atom. The van der Waals surface area contributed by atoms with E-state index in [1.54, 1.807) is 27.0 Å². The number of allylic oxidation sites excluding steroid dienone is 3. The van der Waals surface area contributed by atoms with Crippen molar-refractivity contribution in [2.75, 3.05) is 20.8 Å². The van der Waals surface area contributed by atoms with Crippen LogP contribution in [0, 0.1) is 0 Å². The average molecular weight is 448 g/mol. The number of carbonyl (C=O) groups excluding carboxylic acids is 1. The molecule has 0 unspecified atom stereocenters. The molecule has 0 saturated heterocycles. The lowest BCUT2D eigenvalue weighted by molar-refractivity contribution is -0.0509. The number of methoxy groups -OCH3 is 2. The van der Waals surface area contributed by atoms with Gasteiger partial charge in [0.1, 0.15) is 6.61 Å². The Labute approximate surface area is 191 Å². The van der Waals surface area contributed by atoms with Crippen molar-refractivity contribution in [3.63, 3.8) is 0 Å². The summed E-state index contributed by atoms with van der Waals surface area (Å²) in [5.74, 6) is 1.35. The van der Waals surface area contributed by atoms with Gasteiger partial charge in [-0.2, -0.15) is 0 Å². The highest BCUT2D eigenvalue weighted by molar-refractivity contribution is 6.00. The number of amides is 1. The van der Waals surface area contributed by atoms with Crippen LogP contribution in [-0.2, 0) is 6.54 Å². The normalized spacial score (nSPS) is 15.3. The zero-order valence-corrected chi connectivity index (χ0v) is 20.1. The van der Waals surface area contributed by atoms with Gasteiger partial charge in [0.15, 0.2) is 11.5 Å². The van der Waals surface area contributed by atoms with E-state index in [9.17, 15) is 15.0 Å². The summed E-state index contributed by atoms with van der Waals surface area (Å²) < 4.78 is 16.9. The number of fused-ring (bicyclic) bond motifs is 1. The van der Waals surface area contributed by atoms with Crippen molar-refractivity contribution in [3.05, 3.63) is 40.5 Å². The third kappa shape index (κ3) is 6.74. The SMILES string of the molecule is COc1cc2c(c(OC)c1OC/C=C(\C)CC/C=C(\C)CC[C@@H](O)C(C)(C)O)CNC2=O. The van der Waals surface area contributed by atoms with E-state index in [4.69, 9.17) is 14.2 Å². The van der Waals surface area contributed by atoms with Crippen molar-refractivity contribution in [1.29, 1.82) is 0 Å². The molecule has 1 aliphatic heterocycles. The van der Waals surface area contributed by atoms with Gasteiger partial charge < -0.3 is 29.7 Å². The number of aliphatic hydroxyl groups excluding tert-OH is 1. The van der Waals surface area contributed by atoms with Gasteiger partial charge in [-0.25, -0.2) is 0 Å². The number of ether oxygens (including phenoxy) is 3.